The molecule has 3 fully saturated rings. The molecule has 0 saturated carbocycles. The van der Waals surface area contributed by atoms with Crippen LogP contribution in [0, 0.1) is 6.92 Å². The predicted molar refractivity (Wildman–Crippen MR) is 110 cm³/mol. The maximum absolute atomic E-state index is 6.52. The second kappa shape index (κ2) is 6.97. The topological polar surface area (TPSA) is 72.4 Å². The van der Waals surface area contributed by atoms with E-state index in [2.05, 4.69) is 37.6 Å². The van der Waals surface area contributed by atoms with Crippen LogP contribution in [0.25, 0.3) is 11.0 Å². The van der Waals surface area contributed by atoms with Gasteiger partial charge in [-0.2, -0.15) is 0 Å². The monoisotopic (exact) mass is 384 g/mol. The summed E-state index contributed by atoms with van der Waals surface area (Å²) >= 11 is 0. The van der Waals surface area contributed by atoms with E-state index in [1.54, 1.807) is 0 Å². The van der Waals surface area contributed by atoms with Crippen LogP contribution in [0.3, 0.4) is 0 Å². The first-order valence-corrected chi connectivity index (χ1v) is 10.7. The van der Waals surface area contributed by atoms with Gasteiger partial charge in [0.1, 0.15) is 23.5 Å². The van der Waals surface area contributed by atoms with Gasteiger partial charge >= 0.3 is 0 Å². The summed E-state index contributed by atoms with van der Waals surface area (Å²) in [6.45, 7) is 6.63. The van der Waals surface area contributed by atoms with E-state index in [1.807, 2.05) is 13.0 Å². The molecule has 3 aliphatic rings. The summed E-state index contributed by atoms with van der Waals surface area (Å²) in [5.74, 6) is 1.26. The van der Waals surface area contributed by atoms with Crippen molar-refractivity contribution in [3.05, 3.63) is 18.1 Å². The standard InChI is InChI=1S/C21H32N6O/c1-15-23-19(22)17-6-11-27(20(17)24-15)18-5-4-16(28-18)14-26-10-3-7-21(26)8-12-25(2)13-9-21/h6,11,16,18H,3-5,7-10,12-14H2,1-2H3,(H2,22,23,24). The van der Waals surface area contributed by atoms with Crippen LogP contribution in [0.4, 0.5) is 5.82 Å². The van der Waals surface area contributed by atoms with Crippen LogP contribution in [0.2, 0.25) is 0 Å². The maximum atomic E-state index is 6.52. The van der Waals surface area contributed by atoms with Crippen molar-refractivity contribution in [2.24, 2.45) is 0 Å². The highest BCUT2D eigenvalue weighted by atomic mass is 16.5. The molecular weight excluding hydrogens is 352 g/mol. The van der Waals surface area contributed by atoms with Gasteiger partial charge in [0, 0.05) is 18.3 Å². The zero-order valence-electron chi connectivity index (χ0n) is 17.1. The lowest BCUT2D eigenvalue weighted by Gasteiger charge is -2.45. The molecule has 2 unspecified atom stereocenters. The second-order valence-corrected chi connectivity index (χ2v) is 8.98. The molecule has 0 aromatic carbocycles. The zero-order valence-corrected chi connectivity index (χ0v) is 17.1. The van der Waals surface area contributed by atoms with Gasteiger partial charge in [0.25, 0.3) is 0 Å². The van der Waals surface area contributed by atoms with Crippen LogP contribution in [0.1, 0.15) is 50.6 Å². The van der Waals surface area contributed by atoms with E-state index >= 15 is 0 Å². The second-order valence-electron chi connectivity index (χ2n) is 8.98. The minimum atomic E-state index is 0.0484. The van der Waals surface area contributed by atoms with Crippen molar-refractivity contribution < 1.29 is 4.74 Å². The van der Waals surface area contributed by atoms with E-state index < -0.39 is 0 Å². The number of aromatic nitrogens is 3. The molecule has 2 atom stereocenters. The van der Waals surface area contributed by atoms with Crippen molar-refractivity contribution in [2.45, 2.75) is 63.3 Å². The fourth-order valence-corrected chi connectivity index (χ4v) is 5.55. The Kier molecular flexibility index (Phi) is 4.56. The number of piperidine rings is 1. The van der Waals surface area contributed by atoms with E-state index in [0.29, 0.717) is 23.3 Å². The van der Waals surface area contributed by atoms with Crippen molar-refractivity contribution in [2.75, 3.05) is 39.0 Å². The number of nitrogen functional groups attached to an aromatic ring is 1. The van der Waals surface area contributed by atoms with Gasteiger partial charge in [-0.25, -0.2) is 9.97 Å². The van der Waals surface area contributed by atoms with Gasteiger partial charge < -0.3 is 19.9 Å². The van der Waals surface area contributed by atoms with Crippen molar-refractivity contribution in [1.82, 2.24) is 24.3 Å². The van der Waals surface area contributed by atoms with E-state index in [-0.39, 0.29) is 6.23 Å². The molecule has 1 spiro atoms. The van der Waals surface area contributed by atoms with Crippen LogP contribution in [-0.4, -0.2) is 69.2 Å². The number of likely N-dealkylation sites (tertiary alicyclic amines) is 2. The van der Waals surface area contributed by atoms with Crippen LogP contribution in [0.15, 0.2) is 12.3 Å². The first-order chi connectivity index (χ1) is 13.5. The summed E-state index contributed by atoms with van der Waals surface area (Å²) in [6.07, 6.45) is 9.83. The highest BCUT2D eigenvalue weighted by Crippen LogP contribution is 2.40. The van der Waals surface area contributed by atoms with Gasteiger partial charge in [0.15, 0.2) is 0 Å². The Morgan fingerprint density at radius 1 is 1.18 bits per heavy atom. The molecule has 7 heteroatoms. The smallest absolute Gasteiger partial charge is 0.147 e. The van der Waals surface area contributed by atoms with Crippen molar-refractivity contribution in [3.63, 3.8) is 0 Å². The summed E-state index contributed by atoms with van der Waals surface area (Å²) in [6, 6.07) is 2.01. The normalized spacial score (nSPS) is 28.6. The van der Waals surface area contributed by atoms with Gasteiger partial charge in [-0.15, -0.1) is 0 Å². The molecule has 0 bridgehead atoms. The lowest BCUT2D eigenvalue weighted by molar-refractivity contribution is -0.0323. The first-order valence-electron chi connectivity index (χ1n) is 10.7. The third-order valence-electron chi connectivity index (χ3n) is 7.19. The molecule has 28 heavy (non-hydrogen) atoms. The minimum Gasteiger partial charge on any atom is -0.383 e. The fourth-order valence-electron chi connectivity index (χ4n) is 5.55. The Bertz CT molecular complexity index is 856. The SMILES string of the molecule is Cc1nc(N)c2ccn(C3CCC(CN4CCCC45CCN(C)CC5)O3)c2n1. The number of fused-ring (bicyclic) bond motifs is 1. The van der Waals surface area contributed by atoms with E-state index in [9.17, 15) is 0 Å². The summed E-state index contributed by atoms with van der Waals surface area (Å²) in [4.78, 5) is 14.1. The Hall–Kier alpha value is -1.70. The number of aryl methyl sites for hydroxylation is 1. The highest BCUT2D eigenvalue weighted by Gasteiger charge is 2.44. The molecule has 0 amide bonds. The molecule has 5 rings (SSSR count). The molecule has 152 valence electrons. The maximum Gasteiger partial charge on any atom is 0.147 e. The Morgan fingerprint density at radius 2 is 2.00 bits per heavy atom. The third kappa shape index (κ3) is 3.09. The molecule has 0 aliphatic carbocycles. The van der Waals surface area contributed by atoms with Crippen molar-refractivity contribution in [1.29, 1.82) is 0 Å². The van der Waals surface area contributed by atoms with Crippen molar-refractivity contribution in [3.8, 4) is 0 Å². The van der Waals surface area contributed by atoms with Gasteiger partial charge in [-0.05, 0) is 78.2 Å². The van der Waals surface area contributed by atoms with Gasteiger partial charge in [0.2, 0.25) is 0 Å². The molecular formula is C21H32N6O. The molecule has 7 nitrogen and oxygen atoms in total. The number of anilines is 1. The summed E-state index contributed by atoms with van der Waals surface area (Å²) < 4.78 is 8.67. The van der Waals surface area contributed by atoms with E-state index in [4.69, 9.17) is 10.5 Å². The zero-order chi connectivity index (χ0) is 19.3. The molecule has 2 aromatic rings. The van der Waals surface area contributed by atoms with Crippen LogP contribution in [0.5, 0.6) is 0 Å². The third-order valence-corrected chi connectivity index (χ3v) is 7.19. The van der Waals surface area contributed by atoms with Crippen LogP contribution >= 0.6 is 0 Å². The van der Waals surface area contributed by atoms with E-state index in [0.717, 1.165) is 30.4 Å². The Morgan fingerprint density at radius 3 is 2.82 bits per heavy atom. The molecule has 5 heterocycles. The fraction of sp³-hybridized carbons (Fsp3) is 0.714. The minimum absolute atomic E-state index is 0.0484. The molecule has 0 radical (unpaired) electrons. The quantitative estimate of drug-likeness (QED) is 0.877. The Labute approximate surface area is 166 Å². The van der Waals surface area contributed by atoms with Gasteiger partial charge in [0.05, 0.1) is 11.5 Å². The molecule has 3 aliphatic heterocycles. The molecule has 2 aromatic heterocycles. The average molecular weight is 385 g/mol. The van der Waals surface area contributed by atoms with Crippen LogP contribution < -0.4 is 5.73 Å². The van der Waals surface area contributed by atoms with Gasteiger partial charge in [-0.3, -0.25) is 4.90 Å². The average Bonchev–Trinajstić information content (AvgIpc) is 3.37. The highest BCUT2D eigenvalue weighted by molar-refractivity contribution is 5.86. The number of rotatable bonds is 3. The van der Waals surface area contributed by atoms with Gasteiger partial charge in [-0.1, -0.05) is 0 Å². The number of nitrogens with two attached hydrogens (primary N) is 1. The summed E-state index contributed by atoms with van der Waals surface area (Å²) in [5, 5.41) is 0.919. The number of hydrogen-bond donors (Lipinski definition) is 1. The largest absolute Gasteiger partial charge is 0.383 e. The molecule has 3 saturated heterocycles. The van der Waals surface area contributed by atoms with Crippen LogP contribution in [-0.2, 0) is 4.74 Å². The lowest BCUT2D eigenvalue weighted by Crippen LogP contribution is -2.53. The number of ether oxygens (including phenoxy) is 1. The first kappa shape index (κ1) is 18.3. The number of nitrogens with zero attached hydrogens (tertiary/aromatic N) is 5. The lowest BCUT2D eigenvalue weighted by atomic mass is 9.85. The van der Waals surface area contributed by atoms with Crippen molar-refractivity contribution >= 4 is 16.9 Å². The van der Waals surface area contributed by atoms with E-state index in [1.165, 1.54) is 45.3 Å². The summed E-state index contributed by atoms with van der Waals surface area (Å²) in [7, 11) is 2.25. The Balaban J connectivity index is 1.29. The summed E-state index contributed by atoms with van der Waals surface area (Å²) in [5.41, 5.74) is 7.39. The number of hydrogen-bond acceptors (Lipinski definition) is 6. The predicted octanol–water partition coefficient (Wildman–Crippen LogP) is 2.56. The molecule has 2 N–H and O–H groups in total.